The molecular formula is C18H36N2O3. The van der Waals surface area contributed by atoms with Gasteiger partial charge in [0.25, 0.3) is 0 Å². The van der Waals surface area contributed by atoms with Gasteiger partial charge in [-0.15, -0.1) is 0 Å². The first kappa shape index (κ1) is 20.2. The molecule has 136 valence electrons. The van der Waals surface area contributed by atoms with Crippen molar-refractivity contribution in [3.8, 4) is 0 Å². The third kappa shape index (κ3) is 9.16. The molecule has 1 amide bonds. The van der Waals surface area contributed by atoms with Crippen LogP contribution in [0, 0.1) is 11.8 Å². The maximum absolute atomic E-state index is 11.9. The number of nitrogens with one attached hydrogen (secondary N) is 2. The van der Waals surface area contributed by atoms with Gasteiger partial charge in [0.2, 0.25) is 0 Å². The third-order valence-corrected chi connectivity index (χ3v) is 4.04. The van der Waals surface area contributed by atoms with Crippen LogP contribution in [0.5, 0.6) is 0 Å². The van der Waals surface area contributed by atoms with E-state index in [0.717, 1.165) is 39.0 Å². The summed E-state index contributed by atoms with van der Waals surface area (Å²) in [7, 11) is 0. The summed E-state index contributed by atoms with van der Waals surface area (Å²) in [4.78, 5) is 11.9. The lowest BCUT2D eigenvalue weighted by Crippen LogP contribution is -2.54. The largest absolute Gasteiger partial charge is 0.444 e. The molecule has 0 bridgehead atoms. The lowest BCUT2D eigenvalue weighted by atomic mass is 9.89. The number of carbonyl (C=O) groups excluding carboxylic acids is 1. The zero-order valence-electron chi connectivity index (χ0n) is 15.8. The summed E-state index contributed by atoms with van der Waals surface area (Å²) in [6.07, 6.45) is 2.89. The molecule has 0 aromatic carbocycles. The molecule has 5 nitrogen and oxygen atoms in total. The minimum absolute atomic E-state index is 0.122. The molecule has 1 rings (SSSR count). The summed E-state index contributed by atoms with van der Waals surface area (Å²) >= 11 is 0. The van der Waals surface area contributed by atoms with E-state index in [1.54, 1.807) is 0 Å². The topological polar surface area (TPSA) is 59.6 Å². The zero-order chi connectivity index (χ0) is 17.5. The van der Waals surface area contributed by atoms with Crippen molar-refractivity contribution in [3.05, 3.63) is 0 Å². The normalized spacial score (nSPS) is 19.4. The molecule has 1 heterocycles. The van der Waals surface area contributed by atoms with Gasteiger partial charge < -0.3 is 20.1 Å². The fourth-order valence-electron chi connectivity index (χ4n) is 3.03. The molecule has 1 atom stereocenters. The van der Waals surface area contributed by atoms with E-state index < -0.39 is 5.60 Å². The first-order valence-corrected chi connectivity index (χ1v) is 8.89. The van der Waals surface area contributed by atoms with Crippen molar-refractivity contribution in [2.45, 2.75) is 71.9 Å². The Balaban J connectivity index is 2.49. The van der Waals surface area contributed by atoms with Gasteiger partial charge in [-0.2, -0.15) is 0 Å². The summed E-state index contributed by atoms with van der Waals surface area (Å²) in [6, 6.07) is 0. The molecule has 1 unspecified atom stereocenters. The van der Waals surface area contributed by atoms with Crippen molar-refractivity contribution in [2.24, 2.45) is 11.8 Å². The van der Waals surface area contributed by atoms with Crippen LogP contribution in [0.2, 0.25) is 0 Å². The Bertz CT molecular complexity index is 360. The van der Waals surface area contributed by atoms with Gasteiger partial charge in [-0.1, -0.05) is 13.8 Å². The average Bonchev–Trinajstić information content (AvgIpc) is 2.42. The molecule has 5 heteroatoms. The Kier molecular flexibility index (Phi) is 7.81. The third-order valence-electron chi connectivity index (χ3n) is 4.04. The lowest BCUT2D eigenvalue weighted by Gasteiger charge is -2.35. The van der Waals surface area contributed by atoms with Crippen LogP contribution in [0.25, 0.3) is 0 Å². The van der Waals surface area contributed by atoms with Crippen LogP contribution < -0.4 is 10.6 Å². The molecule has 0 aliphatic carbocycles. The standard InChI is InChI=1S/C18H36N2O3/c1-14(2)11-18(6,13-19-16(21)23-17(3,4)5)20-12-15-7-9-22-10-8-15/h14-15,20H,7-13H2,1-6H3,(H,19,21). The molecule has 0 aromatic heterocycles. The van der Waals surface area contributed by atoms with E-state index in [-0.39, 0.29) is 11.6 Å². The molecule has 23 heavy (non-hydrogen) atoms. The lowest BCUT2D eigenvalue weighted by molar-refractivity contribution is 0.0497. The van der Waals surface area contributed by atoms with Gasteiger partial charge in [0.1, 0.15) is 5.60 Å². The quantitative estimate of drug-likeness (QED) is 0.752. The maximum Gasteiger partial charge on any atom is 0.407 e. The van der Waals surface area contributed by atoms with Crippen LogP contribution in [-0.2, 0) is 9.47 Å². The second kappa shape index (κ2) is 8.88. The van der Waals surface area contributed by atoms with Gasteiger partial charge in [0.05, 0.1) is 0 Å². The fraction of sp³-hybridized carbons (Fsp3) is 0.944. The van der Waals surface area contributed by atoms with E-state index >= 15 is 0 Å². The molecule has 0 aromatic rings. The summed E-state index contributed by atoms with van der Waals surface area (Å²) < 4.78 is 10.8. The first-order valence-electron chi connectivity index (χ1n) is 8.89. The van der Waals surface area contributed by atoms with Crippen molar-refractivity contribution in [3.63, 3.8) is 0 Å². The smallest absolute Gasteiger partial charge is 0.407 e. The van der Waals surface area contributed by atoms with Crippen molar-refractivity contribution in [2.75, 3.05) is 26.3 Å². The van der Waals surface area contributed by atoms with Crippen LogP contribution in [-0.4, -0.2) is 43.5 Å². The van der Waals surface area contributed by atoms with Crippen LogP contribution in [0.1, 0.15) is 60.8 Å². The van der Waals surface area contributed by atoms with Crippen LogP contribution in [0.4, 0.5) is 4.79 Å². The Morgan fingerprint density at radius 2 is 1.83 bits per heavy atom. The van der Waals surface area contributed by atoms with E-state index in [0.29, 0.717) is 18.4 Å². The summed E-state index contributed by atoms with van der Waals surface area (Å²) in [5.74, 6) is 1.22. The van der Waals surface area contributed by atoms with E-state index in [1.807, 2.05) is 20.8 Å². The highest BCUT2D eigenvalue weighted by molar-refractivity contribution is 5.67. The molecule has 2 N–H and O–H groups in total. The predicted molar refractivity (Wildman–Crippen MR) is 93.6 cm³/mol. The number of ether oxygens (including phenoxy) is 2. The fourth-order valence-corrected chi connectivity index (χ4v) is 3.03. The van der Waals surface area contributed by atoms with Crippen LogP contribution >= 0.6 is 0 Å². The van der Waals surface area contributed by atoms with E-state index in [4.69, 9.17) is 9.47 Å². The van der Waals surface area contributed by atoms with Crippen molar-refractivity contribution in [1.82, 2.24) is 10.6 Å². The highest BCUT2D eigenvalue weighted by Gasteiger charge is 2.28. The van der Waals surface area contributed by atoms with E-state index in [9.17, 15) is 4.79 Å². The van der Waals surface area contributed by atoms with Gasteiger partial charge in [0, 0.05) is 25.3 Å². The summed E-state index contributed by atoms with van der Waals surface area (Å²) in [5.41, 5.74) is -0.586. The maximum atomic E-state index is 11.9. The number of carbonyl (C=O) groups is 1. The van der Waals surface area contributed by atoms with Gasteiger partial charge in [-0.25, -0.2) is 4.79 Å². The zero-order valence-corrected chi connectivity index (χ0v) is 15.8. The molecule has 1 fully saturated rings. The predicted octanol–water partition coefficient (Wildman–Crippen LogP) is 3.33. The molecular weight excluding hydrogens is 292 g/mol. The molecule has 1 aliphatic rings. The van der Waals surface area contributed by atoms with Gasteiger partial charge in [-0.3, -0.25) is 0 Å². The van der Waals surface area contributed by atoms with Crippen molar-refractivity contribution >= 4 is 6.09 Å². The van der Waals surface area contributed by atoms with Crippen molar-refractivity contribution in [1.29, 1.82) is 0 Å². The summed E-state index contributed by atoms with van der Waals surface area (Å²) in [5, 5.41) is 6.61. The highest BCUT2D eigenvalue weighted by atomic mass is 16.6. The Morgan fingerprint density at radius 1 is 1.22 bits per heavy atom. The monoisotopic (exact) mass is 328 g/mol. The minimum atomic E-state index is -0.464. The van der Waals surface area contributed by atoms with Crippen molar-refractivity contribution < 1.29 is 14.3 Å². The Hall–Kier alpha value is -0.810. The van der Waals surface area contributed by atoms with Crippen LogP contribution in [0.3, 0.4) is 0 Å². The molecule has 0 radical (unpaired) electrons. The van der Waals surface area contributed by atoms with Gasteiger partial charge in [-0.05, 0) is 65.3 Å². The molecule has 1 saturated heterocycles. The number of alkyl carbamates (subject to hydrolysis) is 1. The van der Waals surface area contributed by atoms with E-state index in [1.165, 1.54) is 0 Å². The number of hydrogen-bond acceptors (Lipinski definition) is 4. The highest BCUT2D eigenvalue weighted by Crippen LogP contribution is 2.19. The minimum Gasteiger partial charge on any atom is -0.444 e. The van der Waals surface area contributed by atoms with Gasteiger partial charge in [0.15, 0.2) is 0 Å². The second-order valence-corrected chi connectivity index (χ2v) is 8.45. The molecule has 0 saturated carbocycles. The van der Waals surface area contributed by atoms with Crippen LogP contribution in [0.15, 0.2) is 0 Å². The SMILES string of the molecule is CC(C)CC(C)(CNC(=O)OC(C)(C)C)NCC1CCOCC1. The molecule has 1 aliphatic heterocycles. The average molecular weight is 328 g/mol. The summed E-state index contributed by atoms with van der Waals surface area (Å²) in [6.45, 7) is 15.5. The second-order valence-electron chi connectivity index (χ2n) is 8.45. The first-order chi connectivity index (χ1) is 10.6. The van der Waals surface area contributed by atoms with Gasteiger partial charge >= 0.3 is 6.09 Å². The van der Waals surface area contributed by atoms with E-state index in [2.05, 4.69) is 31.4 Å². The Labute approximate surface area is 141 Å². The number of amides is 1. The number of rotatable bonds is 7. The molecule has 0 spiro atoms. The Morgan fingerprint density at radius 3 is 2.35 bits per heavy atom. The number of hydrogen-bond donors (Lipinski definition) is 2.